The number of amides is 1. The van der Waals surface area contributed by atoms with Crippen LogP contribution in [0.2, 0.25) is 0 Å². The van der Waals surface area contributed by atoms with Gasteiger partial charge in [0, 0.05) is 49.3 Å². The van der Waals surface area contributed by atoms with Crippen molar-refractivity contribution in [3.63, 3.8) is 0 Å². The summed E-state index contributed by atoms with van der Waals surface area (Å²) in [7, 11) is 0. The molecule has 1 N–H and O–H groups in total. The summed E-state index contributed by atoms with van der Waals surface area (Å²) in [6, 6.07) is 11.9. The summed E-state index contributed by atoms with van der Waals surface area (Å²) in [5.41, 5.74) is 3.47. The molecule has 0 aliphatic carbocycles. The highest BCUT2D eigenvalue weighted by Crippen LogP contribution is 2.31. The Morgan fingerprint density at radius 1 is 1.03 bits per heavy atom. The highest BCUT2D eigenvalue weighted by atomic mass is 19.1. The van der Waals surface area contributed by atoms with Gasteiger partial charge < -0.3 is 9.80 Å². The molecule has 2 aliphatic heterocycles. The van der Waals surface area contributed by atoms with Gasteiger partial charge in [-0.25, -0.2) is 19.2 Å². The van der Waals surface area contributed by atoms with E-state index in [1.165, 1.54) is 12.1 Å². The van der Waals surface area contributed by atoms with Gasteiger partial charge in [-0.1, -0.05) is 0 Å². The van der Waals surface area contributed by atoms with Crippen LogP contribution in [0, 0.1) is 5.82 Å². The number of nitrogens with zero attached hydrogens (tertiary/aromatic N) is 5. The number of benzene rings is 1. The third-order valence-corrected chi connectivity index (χ3v) is 6.82. The first-order chi connectivity index (χ1) is 16.6. The maximum Gasteiger partial charge on any atom is 0.327 e. The molecule has 0 spiro atoms. The van der Waals surface area contributed by atoms with Crippen molar-refractivity contribution in [2.24, 2.45) is 0 Å². The Morgan fingerprint density at radius 3 is 2.74 bits per heavy atom. The molecular formula is C25H23FN6O2. The average molecular weight is 458 g/mol. The van der Waals surface area contributed by atoms with E-state index in [2.05, 4.69) is 19.9 Å². The SMILES string of the molecule is O=C(c1ccnc(N2CCC(n3c(=O)[nH]c4ncccc43)CC2)c1)N1CCc2cc(F)ccc21. The number of anilines is 2. The van der Waals surface area contributed by atoms with Gasteiger partial charge in [-0.3, -0.25) is 14.3 Å². The summed E-state index contributed by atoms with van der Waals surface area (Å²) in [5, 5.41) is 0. The molecule has 5 heterocycles. The lowest BCUT2D eigenvalue weighted by molar-refractivity contribution is 0.0989. The molecule has 0 bridgehead atoms. The molecule has 0 saturated carbocycles. The second-order valence-corrected chi connectivity index (χ2v) is 8.77. The number of pyridine rings is 2. The van der Waals surface area contributed by atoms with E-state index in [0.717, 1.165) is 48.5 Å². The van der Waals surface area contributed by atoms with Crippen LogP contribution in [0.15, 0.2) is 59.7 Å². The zero-order chi connectivity index (χ0) is 23.2. The predicted molar refractivity (Wildman–Crippen MR) is 127 cm³/mol. The maximum absolute atomic E-state index is 13.5. The topological polar surface area (TPSA) is 87.1 Å². The molecule has 172 valence electrons. The Labute approximate surface area is 194 Å². The van der Waals surface area contributed by atoms with E-state index in [1.807, 2.05) is 18.2 Å². The van der Waals surface area contributed by atoms with Crippen molar-refractivity contribution in [2.45, 2.75) is 25.3 Å². The number of carbonyl (C=O) groups is 1. The predicted octanol–water partition coefficient (Wildman–Crippen LogP) is 3.30. The number of hydrogen-bond donors (Lipinski definition) is 1. The Kier molecular flexibility index (Phi) is 4.90. The lowest BCUT2D eigenvalue weighted by Crippen LogP contribution is -2.37. The molecule has 1 amide bonds. The van der Waals surface area contributed by atoms with Gasteiger partial charge >= 0.3 is 5.69 Å². The number of carbonyl (C=O) groups excluding carboxylic acids is 1. The van der Waals surface area contributed by atoms with Crippen molar-refractivity contribution < 1.29 is 9.18 Å². The molecular weight excluding hydrogens is 435 g/mol. The van der Waals surface area contributed by atoms with Crippen molar-refractivity contribution in [1.82, 2.24) is 19.5 Å². The van der Waals surface area contributed by atoms with E-state index in [9.17, 15) is 14.0 Å². The standard InChI is InChI=1S/C25H23FN6O2/c26-18-3-4-20-16(14-18)6-13-31(20)24(33)17-5-10-27-22(15-17)30-11-7-19(8-12-30)32-21-2-1-9-28-23(21)29-25(32)34/h1-5,9-10,14-15,19H,6-8,11-13H2,(H,28,29,34). The summed E-state index contributed by atoms with van der Waals surface area (Å²) >= 11 is 0. The van der Waals surface area contributed by atoms with Gasteiger partial charge in [0.15, 0.2) is 5.65 Å². The Hall–Kier alpha value is -4.01. The lowest BCUT2D eigenvalue weighted by atomic mass is 10.0. The molecule has 6 rings (SSSR count). The number of hydrogen-bond acceptors (Lipinski definition) is 5. The van der Waals surface area contributed by atoms with Crippen LogP contribution < -0.4 is 15.5 Å². The Balaban J connectivity index is 1.19. The van der Waals surface area contributed by atoms with Crippen LogP contribution in [-0.2, 0) is 6.42 Å². The second-order valence-electron chi connectivity index (χ2n) is 8.77. The van der Waals surface area contributed by atoms with Gasteiger partial charge in [-0.15, -0.1) is 0 Å². The molecule has 3 aromatic heterocycles. The fourth-order valence-corrected chi connectivity index (χ4v) is 5.14. The summed E-state index contributed by atoms with van der Waals surface area (Å²) in [6.07, 6.45) is 5.54. The minimum absolute atomic E-state index is 0.0769. The first kappa shape index (κ1) is 20.6. The number of fused-ring (bicyclic) bond motifs is 2. The van der Waals surface area contributed by atoms with E-state index in [4.69, 9.17) is 0 Å². The molecule has 0 atom stereocenters. The number of halogens is 1. The van der Waals surface area contributed by atoms with Gasteiger partial charge in [-0.2, -0.15) is 0 Å². The van der Waals surface area contributed by atoms with Crippen molar-refractivity contribution in [3.05, 3.63) is 82.3 Å². The summed E-state index contributed by atoms with van der Waals surface area (Å²) in [5.74, 6) is 0.353. The first-order valence-corrected chi connectivity index (χ1v) is 11.4. The molecule has 2 aliphatic rings. The zero-order valence-electron chi connectivity index (χ0n) is 18.4. The maximum atomic E-state index is 13.5. The van der Waals surface area contributed by atoms with E-state index < -0.39 is 0 Å². The quantitative estimate of drug-likeness (QED) is 0.509. The normalized spacial score (nSPS) is 16.3. The average Bonchev–Trinajstić information content (AvgIpc) is 3.43. The highest BCUT2D eigenvalue weighted by Gasteiger charge is 2.28. The smallest absolute Gasteiger partial charge is 0.327 e. The van der Waals surface area contributed by atoms with Crippen LogP contribution in [-0.4, -0.2) is 45.1 Å². The van der Waals surface area contributed by atoms with Gasteiger partial charge in [-0.05, 0) is 67.3 Å². The van der Waals surface area contributed by atoms with E-state index in [0.29, 0.717) is 24.2 Å². The van der Waals surface area contributed by atoms with Crippen molar-refractivity contribution >= 4 is 28.6 Å². The monoisotopic (exact) mass is 458 g/mol. The van der Waals surface area contributed by atoms with Crippen molar-refractivity contribution in [1.29, 1.82) is 0 Å². The van der Waals surface area contributed by atoms with Crippen LogP contribution >= 0.6 is 0 Å². The van der Waals surface area contributed by atoms with Gasteiger partial charge in [0.05, 0.1) is 5.52 Å². The first-order valence-electron chi connectivity index (χ1n) is 11.4. The summed E-state index contributed by atoms with van der Waals surface area (Å²) in [6.45, 7) is 1.98. The van der Waals surface area contributed by atoms with Crippen LogP contribution in [0.3, 0.4) is 0 Å². The number of rotatable bonds is 3. The minimum atomic E-state index is -0.284. The number of imidazole rings is 1. The molecule has 1 fully saturated rings. The van der Waals surface area contributed by atoms with Crippen molar-refractivity contribution in [2.75, 3.05) is 29.4 Å². The number of H-pyrrole nitrogens is 1. The lowest BCUT2D eigenvalue weighted by Gasteiger charge is -2.33. The molecule has 34 heavy (non-hydrogen) atoms. The molecule has 0 radical (unpaired) electrons. The van der Waals surface area contributed by atoms with Crippen LogP contribution in [0.5, 0.6) is 0 Å². The van der Waals surface area contributed by atoms with Crippen LogP contribution in [0.4, 0.5) is 15.9 Å². The van der Waals surface area contributed by atoms with Crippen molar-refractivity contribution in [3.8, 4) is 0 Å². The Bertz CT molecular complexity index is 1450. The fraction of sp³-hybridized carbons (Fsp3) is 0.280. The van der Waals surface area contributed by atoms with E-state index in [1.54, 1.807) is 34.0 Å². The molecule has 9 heteroatoms. The number of nitrogens with one attached hydrogen (secondary N) is 1. The number of piperidine rings is 1. The Morgan fingerprint density at radius 2 is 1.88 bits per heavy atom. The summed E-state index contributed by atoms with van der Waals surface area (Å²) < 4.78 is 15.4. The second kappa shape index (κ2) is 8.09. The molecule has 1 aromatic carbocycles. The molecule has 4 aromatic rings. The number of aromatic amines is 1. The van der Waals surface area contributed by atoms with Crippen LogP contribution in [0.25, 0.3) is 11.2 Å². The van der Waals surface area contributed by atoms with Gasteiger partial charge in [0.2, 0.25) is 0 Å². The van der Waals surface area contributed by atoms with E-state index >= 15 is 0 Å². The minimum Gasteiger partial charge on any atom is -0.356 e. The highest BCUT2D eigenvalue weighted by molar-refractivity contribution is 6.07. The summed E-state index contributed by atoms with van der Waals surface area (Å²) in [4.78, 5) is 41.2. The molecule has 1 saturated heterocycles. The molecule has 0 unspecified atom stereocenters. The zero-order valence-corrected chi connectivity index (χ0v) is 18.4. The van der Waals surface area contributed by atoms with E-state index in [-0.39, 0.29) is 23.5 Å². The third kappa shape index (κ3) is 3.44. The van der Waals surface area contributed by atoms with Crippen LogP contribution in [0.1, 0.15) is 34.8 Å². The number of aromatic nitrogens is 4. The van der Waals surface area contributed by atoms with Gasteiger partial charge in [0.1, 0.15) is 11.6 Å². The fourth-order valence-electron chi connectivity index (χ4n) is 5.14. The molecule has 8 nitrogen and oxygen atoms in total. The largest absolute Gasteiger partial charge is 0.356 e. The third-order valence-electron chi connectivity index (χ3n) is 6.82. The van der Waals surface area contributed by atoms with Gasteiger partial charge in [0.25, 0.3) is 5.91 Å².